The van der Waals surface area contributed by atoms with Gasteiger partial charge in [-0.2, -0.15) is 0 Å². The molecule has 1 saturated carbocycles. The number of nitrogens with one attached hydrogen (secondary N) is 2. The van der Waals surface area contributed by atoms with E-state index in [1.807, 2.05) is 20.8 Å². The Hall–Kier alpha value is -2.94. The average molecular weight is 541 g/mol. The maximum atomic E-state index is 13.1. The van der Waals surface area contributed by atoms with Crippen molar-refractivity contribution in [2.24, 2.45) is 10.8 Å². The molecule has 2 aromatic rings. The van der Waals surface area contributed by atoms with Crippen LogP contribution >= 0.6 is 0 Å². The number of para-hydroxylation sites is 2. The summed E-state index contributed by atoms with van der Waals surface area (Å²) in [6.45, 7) is 5.57. The molecule has 12 nitrogen and oxygen atoms in total. The summed E-state index contributed by atoms with van der Waals surface area (Å²) in [5.41, 5.74) is -2.20. The third-order valence-corrected chi connectivity index (χ3v) is 9.17. The van der Waals surface area contributed by atoms with Crippen LogP contribution < -0.4 is 9.44 Å². The van der Waals surface area contributed by atoms with Gasteiger partial charge in [-0.25, -0.2) is 26.3 Å². The zero-order valence-corrected chi connectivity index (χ0v) is 21.6. The molecule has 0 spiro atoms. The molecular formula is C22H28N4O8S2. The highest BCUT2D eigenvalue weighted by molar-refractivity contribution is 7.90. The minimum absolute atomic E-state index is 0.0888. The van der Waals surface area contributed by atoms with Crippen molar-refractivity contribution in [3.8, 4) is 0 Å². The summed E-state index contributed by atoms with van der Waals surface area (Å²) in [5.74, 6) is 0. The zero-order chi connectivity index (χ0) is 26.9. The monoisotopic (exact) mass is 540 g/mol. The van der Waals surface area contributed by atoms with Crippen molar-refractivity contribution in [3.05, 3.63) is 68.8 Å². The predicted octanol–water partition coefficient (Wildman–Crippen LogP) is 3.34. The Morgan fingerprint density at radius 2 is 1.31 bits per heavy atom. The Morgan fingerprint density at radius 1 is 0.833 bits per heavy atom. The fourth-order valence-electron chi connectivity index (χ4n) is 5.15. The highest BCUT2D eigenvalue weighted by Crippen LogP contribution is 2.46. The van der Waals surface area contributed by atoms with Crippen LogP contribution in [0.2, 0.25) is 0 Å². The Bertz CT molecular complexity index is 1390. The lowest BCUT2D eigenvalue weighted by Crippen LogP contribution is -2.50. The van der Waals surface area contributed by atoms with Crippen LogP contribution in [-0.2, 0) is 20.0 Å². The van der Waals surface area contributed by atoms with Crippen molar-refractivity contribution in [1.29, 1.82) is 0 Å². The zero-order valence-electron chi connectivity index (χ0n) is 20.0. The van der Waals surface area contributed by atoms with E-state index < -0.39 is 67.9 Å². The number of nitro groups is 2. The molecule has 0 amide bonds. The molecule has 0 unspecified atom stereocenters. The highest BCUT2D eigenvalue weighted by atomic mass is 32.2. The maximum Gasteiger partial charge on any atom is 0.289 e. The molecule has 0 aliphatic heterocycles. The Balaban J connectivity index is 1.83. The first-order valence-corrected chi connectivity index (χ1v) is 14.0. The molecule has 1 aliphatic carbocycles. The largest absolute Gasteiger partial charge is 0.289 e. The van der Waals surface area contributed by atoms with Gasteiger partial charge in [0.15, 0.2) is 9.79 Å². The second-order valence-electron chi connectivity index (χ2n) is 10.2. The van der Waals surface area contributed by atoms with Gasteiger partial charge in [-0.3, -0.25) is 20.2 Å². The third-order valence-electron chi connectivity index (χ3n) is 6.16. The van der Waals surface area contributed by atoms with E-state index >= 15 is 0 Å². The van der Waals surface area contributed by atoms with Crippen LogP contribution in [-0.4, -0.2) is 39.3 Å². The van der Waals surface area contributed by atoms with E-state index in [0.29, 0.717) is 12.8 Å². The van der Waals surface area contributed by atoms with Crippen LogP contribution in [0.5, 0.6) is 0 Å². The van der Waals surface area contributed by atoms with Crippen LogP contribution in [0.15, 0.2) is 58.3 Å². The summed E-state index contributed by atoms with van der Waals surface area (Å²) in [7, 11) is -8.47. The molecule has 36 heavy (non-hydrogen) atoms. The fraction of sp³-hybridized carbons (Fsp3) is 0.455. The van der Waals surface area contributed by atoms with Crippen LogP contribution in [0, 0.1) is 31.1 Å². The van der Waals surface area contributed by atoms with E-state index in [2.05, 4.69) is 9.44 Å². The summed E-state index contributed by atoms with van der Waals surface area (Å²) in [6.07, 6.45) is 1.22. The Labute approximate surface area is 209 Å². The first kappa shape index (κ1) is 27.6. The van der Waals surface area contributed by atoms with Gasteiger partial charge in [-0.15, -0.1) is 0 Å². The lowest BCUT2D eigenvalue weighted by molar-refractivity contribution is -0.388. The minimum atomic E-state index is -4.24. The van der Waals surface area contributed by atoms with Crippen LogP contribution in [0.1, 0.15) is 40.0 Å². The van der Waals surface area contributed by atoms with Crippen molar-refractivity contribution in [3.63, 3.8) is 0 Å². The highest BCUT2D eigenvalue weighted by Gasteiger charge is 2.43. The van der Waals surface area contributed by atoms with Crippen molar-refractivity contribution in [2.75, 3.05) is 6.54 Å². The van der Waals surface area contributed by atoms with Gasteiger partial charge >= 0.3 is 0 Å². The van der Waals surface area contributed by atoms with Gasteiger partial charge in [0.05, 0.1) is 9.85 Å². The van der Waals surface area contributed by atoms with Gasteiger partial charge in [0.2, 0.25) is 20.0 Å². The first-order chi connectivity index (χ1) is 16.6. The topological polar surface area (TPSA) is 179 Å². The van der Waals surface area contributed by atoms with Crippen molar-refractivity contribution < 1.29 is 26.7 Å². The molecule has 2 aromatic carbocycles. The predicted molar refractivity (Wildman–Crippen MR) is 131 cm³/mol. The second-order valence-corrected chi connectivity index (χ2v) is 13.6. The number of benzene rings is 2. The van der Waals surface area contributed by atoms with E-state index in [9.17, 15) is 37.1 Å². The van der Waals surface area contributed by atoms with E-state index in [4.69, 9.17) is 0 Å². The van der Waals surface area contributed by atoms with Crippen molar-refractivity contribution >= 4 is 31.4 Å². The van der Waals surface area contributed by atoms with Gasteiger partial charge in [-0.1, -0.05) is 45.0 Å². The van der Waals surface area contributed by atoms with Crippen LogP contribution in [0.3, 0.4) is 0 Å². The summed E-state index contributed by atoms with van der Waals surface area (Å²) in [5, 5.41) is 22.6. The number of sulfonamides is 2. The summed E-state index contributed by atoms with van der Waals surface area (Å²) < 4.78 is 57.0. The molecule has 1 fully saturated rings. The summed E-state index contributed by atoms with van der Waals surface area (Å²) in [4.78, 5) is 20.2. The molecule has 0 aromatic heterocycles. The fourth-order valence-corrected chi connectivity index (χ4v) is 7.93. The van der Waals surface area contributed by atoms with E-state index in [1.54, 1.807) is 0 Å². The smallest absolute Gasteiger partial charge is 0.258 e. The normalized spacial score (nSPS) is 22.1. The number of nitro benzene ring substituents is 2. The van der Waals surface area contributed by atoms with Gasteiger partial charge in [0, 0.05) is 24.7 Å². The molecule has 196 valence electrons. The second kappa shape index (κ2) is 9.84. The van der Waals surface area contributed by atoms with E-state index in [0.717, 1.165) is 24.3 Å². The molecule has 2 N–H and O–H groups in total. The number of hydrogen-bond donors (Lipinski definition) is 2. The van der Waals surface area contributed by atoms with E-state index in [-0.39, 0.29) is 13.0 Å². The lowest BCUT2D eigenvalue weighted by Gasteiger charge is -2.46. The summed E-state index contributed by atoms with van der Waals surface area (Å²) in [6, 6.07) is 9.44. The lowest BCUT2D eigenvalue weighted by atomic mass is 9.63. The molecular weight excluding hydrogens is 512 g/mol. The van der Waals surface area contributed by atoms with Crippen molar-refractivity contribution in [2.45, 2.75) is 55.9 Å². The quantitative estimate of drug-likeness (QED) is 0.359. The van der Waals surface area contributed by atoms with Gasteiger partial charge < -0.3 is 0 Å². The number of hydrogen-bond acceptors (Lipinski definition) is 8. The molecule has 0 radical (unpaired) electrons. The summed E-state index contributed by atoms with van der Waals surface area (Å²) >= 11 is 0. The van der Waals surface area contributed by atoms with Gasteiger partial charge in [-0.05, 0) is 42.2 Å². The SMILES string of the molecule is CC1(C)C[C@@H](NS(=O)(=O)c2ccccc2[N+](=O)[O-])C[C@@](C)(CNS(=O)(=O)c2ccccc2[N+](=O)[O-])C1. The molecule has 3 rings (SSSR count). The molecule has 0 heterocycles. The minimum Gasteiger partial charge on any atom is -0.258 e. The Morgan fingerprint density at radius 3 is 1.81 bits per heavy atom. The van der Waals surface area contributed by atoms with Crippen LogP contribution in [0.25, 0.3) is 0 Å². The van der Waals surface area contributed by atoms with Crippen molar-refractivity contribution in [1.82, 2.24) is 9.44 Å². The average Bonchev–Trinajstić information content (AvgIpc) is 2.76. The molecule has 1 aliphatic rings. The molecule has 0 bridgehead atoms. The maximum absolute atomic E-state index is 13.1. The van der Waals surface area contributed by atoms with Crippen LogP contribution in [0.4, 0.5) is 11.4 Å². The molecule has 14 heteroatoms. The van der Waals surface area contributed by atoms with Gasteiger partial charge in [0.25, 0.3) is 11.4 Å². The Kier molecular flexibility index (Phi) is 7.56. The van der Waals surface area contributed by atoms with E-state index in [1.165, 1.54) is 24.3 Å². The third kappa shape index (κ3) is 6.24. The number of rotatable bonds is 9. The first-order valence-electron chi connectivity index (χ1n) is 11.0. The molecule has 2 atom stereocenters. The van der Waals surface area contributed by atoms with Gasteiger partial charge in [0.1, 0.15) is 0 Å². The standard InChI is InChI=1S/C22H28N4O8S2/c1-21(2)12-16(24-36(33,34)20-11-7-5-9-18(20)26(29)30)13-22(3,14-21)15-23-35(31,32)19-10-6-4-8-17(19)25(27)28/h4-11,16,23-24H,12-15H2,1-3H3/t16-,22-/m1/s1. The molecule has 0 saturated heterocycles. The number of nitrogens with zero attached hydrogens (tertiary/aromatic N) is 2.